The smallest absolute Gasteiger partial charge is 0.0723 e. The fourth-order valence-electron chi connectivity index (χ4n) is 5.55. The van der Waals surface area contributed by atoms with Gasteiger partial charge in [0.2, 0.25) is 0 Å². The molecule has 1 aromatic heterocycles. The van der Waals surface area contributed by atoms with E-state index in [2.05, 4.69) is 77.5 Å². The van der Waals surface area contributed by atoms with E-state index < -0.39 is 0 Å². The van der Waals surface area contributed by atoms with Gasteiger partial charge in [-0.3, -0.25) is 4.98 Å². The van der Waals surface area contributed by atoms with Crippen LogP contribution in [-0.4, -0.2) is 31.3 Å². The summed E-state index contributed by atoms with van der Waals surface area (Å²) in [7, 11) is 0. The highest BCUT2D eigenvalue weighted by Gasteiger charge is 2.26. The monoisotopic (exact) mass is 436 g/mol. The van der Waals surface area contributed by atoms with Gasteiger partial charge in [0.1, 0.15) is 0 Å². The van der Waals surface area contributed by atoms with E-state index in [1.807, 2.05) is 6.20 Å². The van der Waals surface area contributed by atoms with Gasteiger partial charge in [-0.05, 0) is 83.6 Å². The highest BCUT2D eigenvalue weighted by Crippen LogP contribution is 2.44. The third-order valence-corrected chi connectivity index (χ3v) is 7.52. The summed E-state index contributed by atoms with van der Waals surface area (Å²) >= 11 is 0. The number of nitrogens with zero attached hydrogens (tertiary/aromatic N) is 2. The number of ether oxygens (including phenoxy) is 1. The van der Waals surface area contributed by atoms with Crippen LogP contribution in [0.5, 0.6) is 0 Å². The van der Waals surface area contributed by atoms with Gasteiger partial charge in [0.25, 0.3) is 0 Å². The minimum atomic E-state index is 0.558. The van der Waals surface area contributed by atoms with Crippen molar-refractivity contribution in [1.29, 1.82) is 0 Å². The van der Waals surface area contributed by atoms with Crippen LogP contribution in [0.1, 0.15) is 55.2 Å². The van der Waals surface area contributed by atoms with Crippen LogP contribution < -0.4 is 4.90 Å². The van der Waals surface area contributed by atoms with Crippen molar-refractivity contribution in [3.63, 3.8) is 0 Å². The molecule has 2 aliphatic carbocycles. The van der Waals surface area contributed by atoms with Crippen molar-refractivity contribution in [2.75, 3.05) is 31.2 Å². The molecule has 3 aliphatic rings. The largest absolute Gasteiger partial charge is 0.378 e. The number of rotatable bonds is 5. The molecule has 0 radical (unpaired) electrons. The molecule has 3 nitrogen and oxygen atoms in total. The molecule has 1 unspecified atom stereocenters. The Morgan fingerprint density at radius 3 is 2.70 bits per heavy atom. The van der Waals surface area contributed by atoms with Gasteiger partial charge in [-0.15, -0.1) is 0 Å². The Morgan fingerprint density at radius 2 is 1.88 bits per heavy atom. The number of hydrogen-bond acceptors (Lipinski definition) is 3. The molecule has 33 heavy (non-hydrogen) atoms. The maximum absolute atomic E-state index is 5.60. The molecule has 3 aromatic rings. The molecule has 1 saturated carbocycles. The van der Waals surface area contributed by atoms with Crippen molar-refractivity contribution in [2.24, 2.45) is 5.92 Å². The average molecular weight is 437 g/mol. The fraction of sp³-hybridized carbons (Fsp3) is 0.367. The minimum Gasteiger partial charge on any atom is -0.378 e. The third kappa shape index (κ3) is 4.00. The lowest BCUT2D eigenvalue weighted by molar-refractivity contribution is 0.123. The predicted octanol–water partition coefficient (Wildman–Crippen LogP) is 6.85. The van der Waals surface area contributed by atoms with E-state index in [4.69, 9.17) is 4.74 Å². The Kier molecular flexibility index (Phi) is 5.51. The molecule has 0 bridgehead atoms. The average Bonchev–Trinajstić information content (AvgIpc) is 3.74. The van der Waals surface area contributed by atoms with Crippen LogP contribution in [0.4, 0.5) is 5.69 Å². The van der Waals surface area contributed by atoms with Gasteiger partial charge in [0.15, 0.2) is 0 Å². The molecule has 2 fully saturated rings. The molecule has 0 N–H and O–H groups in total. The zero-order valence-corrected chi connectivity index (χ0v) is 19.5. The number of anilines is 1. The molecular weight excluding hydrogens is 404 g/mol. The van der Waals surface area contributed by atoms with Gasteiger partial charge in [-0.1, -0.05) is 49.4 Å². The zero-order valence-electron chi connectivity index (χ0n) is 19.5. The number of hydrogen-bond donors (Lipinski definition) is 0. The van der Waals surface area contributed by atoms with Gasteiger partial charge in [0.05, 0.1) is 18.7 Å². The molecule has 2 aromatic carbocycles. The molecule has 3 heteroatoms. The van der Waals surface area contributed by atoms with Crippen molar-refractivity contribution in [2.45, 2.75) is 38.5 Å². The van der Waals surface area contributed by atoms with E-state index in [9.17, 15) is 0 Å². The first-order valence-electron chi connectivity index (χ1n) is 12.5. The van der Waals surface area contributed by atoms with Gasteiger partial charge < -0.3 is 9.64 Å². The molecule has 168 valence electrons. The summed E-state index contributed by atoms with van der Waals surface area (Å²) < 4.78 is 5.60. The van der Waals surface area contributed by atoms with Crippen LogP contribution >= 0.6 is 0 Å². The normalized spacial score (nSPS) is 21.1. The van der Waals surface area contributed by atoms with E-state index in [1.54, 1.807) is 0 Å². The number of pyridine rings is 1. The Balaban J connectivity index is 1.50. The molecule has 2 heterocycles. The summed E-state index contributed by atoms with van der Waals surface area (Å²) in [6.07, 6.45) is 11.6. The lowest BCUT2D eigenvalue weighted by atomic mass is 9.78. The van der Waals surface area contributed by atoms with Crippen molar-refractivity contribution in [3.8, 4) is 0 Å². The van der Waals surface area contributed by atoms with E-state index in [1.165, 1.54) is 51.8 Å². The second kappa shape index (κ2) is 8.79. The van der Waals surface area contributed by atoms with Gasteiger partial charge in [0, 0.05) is 30.4 Å². The van der Waals surface area contributed by atoms with E-state index >= 15 is 0 Å². The second-order valence-corrected chi connectivity index (χ2v) is 9.63. The Hall–Kier alpha value is -2.91. The molecular formula is C30H32N2O. The summed E-state index contributed by atoms with van der Waals surface area (Å²) in [5.74, 6) is 1.33. The Morgan fingerprint density at radius 1 is 1.00 bits per heavy atom. The van der Waals surface area contributed by atoms with Gasteiger partial charge in [-0.25, -0.2) is 0 Å². The summed E-state index contributed by atoms with van der Waals surface area (Å²) in [5, 5.41) is 1.24. The predicted molar refractivity (Wildman–Crippen MR) is 138 cm³/mol. The van der Waals surface area contributed by atoms with Crippen molar-refractivity contribution >= 4 is 27.7 Å². The van der Waals surface area contributed by atoms with Gasteiger partial charge >= 0.3 is 0 Å². The van der Waals surface area contributed by atoms with Crippen LogP contribution in [0.3, 0.4) is 0 Å². The first-order valence-corrected chi connectivity index (χ1v) is 12.5. The summed E-state index contributed by atoms with van der Waals surface area (Å²) in [6, 6.07) is 18.4. The van der Waals surface area contributed by atoms with Crippen LogP contribution in [0.25, 0.3) is 22.0 Å². The van der Waals surface area contributed by atoms with E-state index in [0.29, 0.717) is 5.92 Å². The number of benzene rings is 2. The Labute approximate surface area is 196 Å². The first kappa shape index (κ1) is 20.7. The number of morpholine rings is 1. The summed E-state index contributed by atoms with van der Waals surface area (Å²) in [6.45, 7) is 5.77. The summed E-state index contributed by atoms with van der Waals surface area (Å²) in [4.78, 5) is 7.12. The summed E-state index contributed by atoms with van der Waals surface area (Å²) in [5.41, 5.74) is 9.44. The third-order valence-electron chi connectivity index (χ3n) is 7.52. The van der Waals surface area contributed by atoms with Crippen LogP contribution in [0, 0.1) is 5.92 Å². The van der Waals surface area contributed by atoms with Gasteiger partial charge in [-0.2, -0.15) is 0 Å². The SMILES string of the molecule is CCC1CC=CC(c2ccc3nccc(N4CCOCC4)c3c2)=C1c1cccc(C2CC2)c1. The van der Waals surface area contributed by atoms with Crippen LogP contribution in [-0.2, 0) is 4.74 Å². The van der Waals surface area contributed by atoms with E-state index in [-0.39, 0.29) is 0 Å². The lowest BCUT2D eigenvalue weighted by Gasteiger charge is -2.30. The van der Waals surface area contributed by atoms with E-state index in [0.717, 1.165) is 50.6 Å². The number of aromatic nitrogens is 1. The molecule has 1 saturated heterocycles. The maximum atomic E-state index is 5.60. The molecule has 0 amide bonds. The highest BCUT2D eigenvalue weighted by atomic mass is 16.5. The molecule has 0 spiro atoms. The highest BCUT2D eigenvalue weighted by molar-refractivity contribution is 6.01. The van der Waals surface area contributed by atoms with Crippen molar-refractivity contribution < 1.29 is 4.74 Å². The molecule has 6 rings (SSSR count). The number of allylic oxidation sites excluding steroid dienone is 4. The van der Waals surface area contributed by atoms with Crippen molar-refractivity contribution in [3.05, 3.63) is 83.6 Å². The zero-order chi connectivity index (χ0) is 22.2. The molecule has 1 aliphatic heterocycles. The second-order valence-electron chi connectivity index (χ2n) is 9.63. The Bertz CT molecular complexity index is 1230. The lowest BCUT2D eigenvalue weighted by Crippen LogP contribution is -2.36. The minimum absolute atomic E-state index is 0.558. The first-order chi connectivity index (χ1) is 16.3. The topological polar surface area (TPSA) is 25.4 Å². The molecule has 1 atom stereocenters. The quantitative estimate of drug-likeness (QED) is 0.437. The standard InChI is InChI=1S/C30H32N2O/c1-2-21-5-4-8-26(30(21)25-7-3-6-23(19-25)22-9-10-22)24-11-12-28-27(20-24)29(13-14-31-28)32-15-17-33-18-16-32/h3-4,6-8,11-14,19-22H,2,5,9-10,15-18H2,1H3. The van der Waals surface area contributed by atoms with Crippen LogP contribution in [0.15, 0.2) is 66.9 Å². The fourth-order valence-corrected chi connectivity index (χ4v) is 5.55. The number of fused-ring (bicyclic) bond motifs is 1. The maximum Gasteiger partial charge on any atom is 0.0723 e. The van der Waals surface area contributed by atoms with Crippen LogP contribution in [0.2, 0.25) is 0 Å². The van der Waals surface area contributed by atoms with Crippen molar-refractivity contribution in [1.82, 2.24) is 4.98 Å².